The van der Waals surface area contributed by atoms with Crippen LogP contribution in [0.25, 0.3) is 0 Å². The van der Waals surface area contributed by atoms with Crippen molar-refractivity contribution in [3.63, 3.8) is 0 Å². The molecule has 15 heavy (non-hydrogen) atoms. The summed E-state index contributed by atoms with van der Waals surface area (Å²) in [5, 5.41) is 3.35. The van der Waals surface area contributed by atoms with Crippen molar-refractivity contribution in [3.8, 4) is 0 Å². The third-order valence-electron chi connectivity index (χ3n) is 2.90. The van der Waals surface area contributed by atoms with Crippen molar-refractivity contribution in [1.29, 1.82) is 0 Å². The third-order valence-corrected chi connectivity index (χ3v) is 2.90. The Morgan fingerprint density at radius 2 is 2.00 bits per heavy atom. The topological polar surface area (TPSA) is 21.3 Å². The Hall–Kier alpha value is -0.860. The van der Waals surface area contributed by atoms with Crippen LogP contribution in [0.5, 0.6) is 0 Å². The van der Waals surface area contributed by atoms with Crippen LogP contribution in [-0.2, 0) is 4.74 Å². The Bertz CT molecular complexity index is 299. The average Bonchev–Trinajstić information content (AvgIpc) is 2.30. The van der Waals surface area contributed by atoms with Crippen molar-refractivity contribution >= 4 is 0 Å². The molecule has 0 radical (unpaired) electrons. The van der Waals surface area contributed by atoms with Gasteiger partial charge in [0.1, 0.15) is 0 Å². The average molecular weight is 205 g/mol. The molecule has 1 N–H and O–H groups in total. The number of benzene rings is 1. The zero-order chi connectivity index (χ0) is 10.7. The van der Waals surface area contributed by atoms with Crippen LogP contribution < -0.4 is 5.32 Å². The zero-order valence-corrected chi connectivity index (χ0v) is 9.49. The van der Waals surface area contributed by atoms with E-state index in [-0.39, 0.29) is 6.10 Å². The van der Waals surface area contributed by atoms with E-state index in [4.69, 9.17) is 4.74 Å². The molecule has 0 amide bonds. The lowest BCUT2D eigenvalue weighted by molar-refractivity contribution is 0.0277. The van der Waals surface area contributed by atoms with Crippen LogP contribution in [0, 0.1) is 0 Å². The van der Waals surface area contributed by atoms with Crippen molar-refractivity contribution in [3.05, 3.63) is 35.4 Å². The fourth-order valence-corrected chi connectivity index (χ4v) is 1.88. The van der Waals surface area contributed by atoms with Gasteiger partial charge in [-0.05, 0) is 17.0 Å². The van der Waals surface area contributed by atoms with Crippen LogP contribution in [0.3, 0.4) is 0 Å². The van der Waals surface area contributed by atoms with Crippen molar-refractivity contribution in [1.82, 2.24) is 5.32 Å². The summed E-state index contributed by atoms with van der Waals surface area (Å²) in [6.45, 7) is 7.15. The van der Waals surface area contributed by atoms with Crippen molar-refractivity contribution in [2.24, 2.45) is 0 Å². The minimum atomic E-state index is 0.236. The first-order chi connectivity index (χ1) is 7.27. The summed E-state index contributed by atoms with van der Waals surface area (Å²) >= 11 is 0. The fourth-order valence-electron chi connectivity index (χ4n) is 1.88. The second kappa shape index (κ2) is 4.77. The smallest absolute Gasteiger partial charge is 0.0949 e. The van der Waals surface area contributed by atoms with Gasteiger partial charge in [-0.3, -0.25) is 0 Å². The van der Waals surface area contributed by atoms with Gasteiger partial charge in [0.05, 0.1) is 12.7 Å². The molecule has 1 aliphatic rings. The molecular weight excluding hydrogens is 186 g/mol. The van der Waals surface area contributed by atoms with E-state index in [9.17, 15) is 0 Å². The summed E-state index contributed by atoms with van der Waals surface area (Å²) in [6, 6.07) is 8.79. The monoisotopic (exact) mass is 205 g/mol. The van der Waals surface area contributed by atoms with E-state index in [1.54, 1.807) is 0 Å². The van der Waals surface area contributed by atoms with Crippen molar-refractivity contribution < 1.29 is 4.74 Å². The van der Waals surface area contributed by atoms with Gasteiger partial charge in [0.2, 0.25) is 0 Å². The molecule has 1 aliphatic heterocycles. The van der Waals surface area contributed by atoms with Gasteiger partial charge in [-0.15, -0.1) is 0 Å². The van der Waals surface area contributed by atoms with Crippen LogP contribution in [0.1, 0.15) is 37.0 Å². The third kappa shape index (κ3) is 2.58. The molecule has 0 aromatic heterocycles. The van der Waals surface area contributed by atoms with E-state index in [1.807, 2.05) is 0 Å². The van der Waals surface area contributed by atoms with E-state index in [0.717, 1.165) is 19.7 Å². The predicted octanol–water partition coefficient (Wildman–Crippen LogP) is 2.47. The van der Waals surface area contributed by atoms with Gasteiger partial charge in [0.25, 0.3) is 0 Å². The largest absolute Gasteiger partial charge is 0.371 e. The molecule has 82 valence electrons. The van der Waals surface area contributed by atoms with Gasteiger partial charge in [-0.25, -0.2) is 0 Å². The maximum atomic E-state index is 5.70. The molecule has 1 aromatic rings. The lowest BCUT2D eigenvalue weighted by atomic mass is 10.00. The van der Waals surface area contributed by atoms with Gasteiger partial charge in [0.15, 0.2) is 0 Å². The van der Waals surface area contributed by atoms with Crippen LogP contribution >= 0.6 is 0 Å². The van der Waals surface area contributed by atoms with E-state index in [0.29, 0.717) is 5.92 Å². The first-order valence-electron chi connectivity index (χ1n) is 5.69. The summed E-state index contributed by atoms with van der Waals surface area (Å²) in [7, 11) is 0. The number of nitrogens with one attached hydrogen (secondary N) is 1. The van der Waals surface area contributed by atoms with Crippen LogP contribution in [0.4, 0.5) is 0 Å². The Morgan fingerprint density at radius 3 is 2.53 bits per heavy atom. The number of rotatable bonds is 2. The highest BCUT2D eigenvalue weighted by molar-refractivity contribution is 5.26. The molecular formula is C13H19NO. The number of morpholine rings is 1. The van der Waals surface area contributed by atoms with E-state index < -0.39 is 0 Å². The molecule has 1 aromatic carbocycles. The van der Waals surface area contributed by atoms with Gasteiger partial charge in [0, 0.05) is 13.1 Å². The van der Waals surface area contributed by atoms with E-state index >= 15 is 0 Å². The second-order valence-corrected chi connectivity index (χ2v) is 4.38. The molecule has 2 nitrogen and oxygen atoms in total. The molecule has 1 atom stereocenters. The summed E-state index contributed by atoms with van der Waals surface area (Å²) in [5.74, 6) is 0.601. The van der Waals surface area contributed by atoms with Gasteiger partial charge < -0.3 is 10.1 Å². The highest BCUT2D eigenvalue weighted by atomic mass is 16.5. The first-order valence-corrected chi connectivity index (χ1v) is 5.69. The molecule has 1 unspecified atom stereocenters. The minimum absolute atomic E-state index is 0.236. The Balaban J connectivity index is 2.08. The Morgan fingerprint density at radius 1 is 1.27 bits per heavy atom. The standard InChI is InChI=1S/C13H19NO/c1-10(2)11-3-5-12(6-4-11)13-9-14-7-8-15-13/h3-6,10,13-14H,7-9H2,1-2H3. The molecule has 0 spiro atoms. The SMILES string of the molecule is CC(C)c1ccc(C2CNCCO2)cc1. The van der Waals surface area contributed by atoms with Crippen LogP contribution in [0.15, 0.2) is 24.3 Å². The van der Waals surface area contributed by atoms with E-state index in [2.05, 4.69) is 43.4 Å². The summed E-state index contributed by atoms with van der Waals surface area (Å²) in [6.07, 6.45) is 0.236. The van der Waals surface area contributed by atoms with Crippen LogP contribution in [0.2, 0.25) is 0 Å². The van der Waals surface area contributed by atoms with Crippen molar-refractivity contribution in [2.45, 2.75) is 25.9 Å². The first kappa shape index (κ1) is 10.7. The lowest BCUT2D eigenvalue weighted by Gasteiger charge is -2.24. The maximum absolute atomic E-state index is 5.70. The highest BCUT2D eigenvalue weighted by Crippen LogP contribution is 2.21. The number of ether oxygens (including phenoxy) is 1. The number of hydrogen-bond acceptors (Lipinski definition) is 2. The molecule has 2 heteroatoms. The molecule has 1 saturated heterocycles. The van der Waals surface area contributed by atoms with Gasteiger partial charge in [-0.1, -0.05) is 38.1 Å². The molecule has 0 aliphatic carbocycles. The Labute approximate surface area is 91.6 Å². The van der Waals surface area contributed by atoms with Gasteiger partial charge >= 0.3 is 0 Å². The summed E-state index contributed by atoms with van der Waals surface area (Å²) < 4.78 is 5.70. The minimum Gasteiger partial charge on any atom is -0.371 e. The molecule has 0 bridgehead atoms. The molecule has 2 rings (SSSR count). The number of hydrogen-bond donors (Lipinski definition) is 1. The highest BCUT2D eigenvalue weighted by Gasteiger charge is 2.15. The predicted molar refractivity (Wildman–Crippen MR) is 62.1 cm³/mol. The van der Waals surface area contributed by atoms with Crippen molar-refractivity contribution in [2.75, 3.05) is 19.7 Å². The zero-order valence-electron chi connectivity index (χ0n) is 9.49. The normalized spacial score (nSPS) is 21.9. The lowest BCUT2D eigenvalue weighted by Crippen LogP contribution is -2.33. The molecule has 1 heterocycles. The second-order valence-electron chi connectivity index (χ2n) is 4.38. The molecule has 0 saturated carbocycles. The Kier molecular flexibility index (Phi) is 3.39. The van der Waals surface area contributed by atoms with Crippen LogP contribution in [-0.4, -0.2) is 19.7 Å². The summed E-state index contributed by atoms with van der Waals surface area (Å²) in [5.41, 5.74) is 2.68. The summed E-state index contributed by atoms with van der Waals surface area (Å²) in [4.78, 5) is 0. The quantitative estimate of drug-likeness (QED) is 0.801. The fraction of sp³-hybridized carbons (Fsp3) is 0.538. The molecule has 1 fully saturated rings. The van der Waals surface area contributed by atoms with Gasteiger partial charge in [-0.2, -0.15) is 0 Å². The maximum Gasteiger partial charge on any atom is 0.0949 e. The van der Waals surface area contributed by atoms with E-state index in [1.165, 1.54) is 11.1 Å².